The number of hydrogen-bond acceptors (Lipinski definition) is 6. The van der Waals surface area contributed by atoms with Gasteiger partial charge in [0.2, 0.25) is 5.13 Å². The molecule has 0 radical (unpaired) electrons. The van der Waals surface area contributed by atoms with Crippen molar-refractivity contribution in [2.75, 3.05) is 5.32 Å². The third-order valence-corrected chi connectivity index (χ3v) is 3.70. The van der Waals surface area contributed by atoms with Crippen molar-refractivity contribution in [3.63, 3.8) is 0 Å². The lowest BCUT2D eigenvalue weighted by molar-refractivity contribution is -0.384. The molecule has 0 saturated heterocycles. The fraction of sp³-hybridized carbons (Fsp3) is 0.182. The summed E-state index contributed by atoms with van der Waals surface area (Å²) < 4.78 is 0. The Morgan fingerprint density at radius 2 is 2.25 bits per heavy atom. The van der Waals surface area contributed by atoms with Crippen molar-refractivity contribution in [1.29, 1.82) is 0 Å². The number of benzene rings is 1. The molecule has 0 aliphatic heterocycles. The Balaban J connectivity index is 2.21. The summed E-state index contributed by atoms with van der Waals surface area (Å²) >= 11 is 6.94. The van der Waals surface area contributed by atoms with Crippen LogP contribution in [-0.4, -0.2) is 21.0 Å². The highest BCUT2D eigenvalue weighted by molar-refractivity contribution is 7.15. The fourth-order valence-corrected chi connectivity index (χ4v) is 2.27. The number of nitrogens with one attached hydrogen (secondary N) is 1. The molecule has 0 spiro atoms. The van der Waals surface area contributed by atoms with Gasteiger partial charge in [0.05, 0.1) is 4.92 Å². The minimum Gasteiger partial charge on any atom is -0.296 e. The Bertz CT molecular complexity index is 673. The van der Waals surface area contributed by atoms with Crippen LogP contribution in [0.5, 0.6) is 0 Å². The topological polar surface area (TPSA) is 98.0 Å². The highest BCUT2D eigenvalue weighted by Crippen LogP contribution is 2.25. The van der Waals surface area contributed by atoms with Crippen LogP contribution in [0.3, 0.4) is 0 Å². The van der Waals surface area contributed by atoms with Gasteiger partial charge in [0.25, 0.3) is 11.6 Å². The van der Waals surface area contributed by atoms with Crippen LogP contribution in [0.1, 0.15) is 22.3 Å². The Hall–Kier alpha value is -2.06. The molecule has 104 valence electrons. The lowest BCUT2D eigenvalue weighted by Crippen LogP contribution is -2.12. The van der Waals surface area contributed by atoms with Crippen molar-refractivity contribution in [3.05, 3.63) is 43.9 Å². The van der Waals surface area contributed by atoms with E-state index in [-0.39, 0.29) is 16.3 Å². The van der Waals surface area contributed by atoms with E-state index in [0.29, 0.717) is 5.13 Å². The lowest BCUT2D eigenvalue weighted by Gasteiger charge is -2.02. The molecule has 0 unspecified atom stereocenters. The molecule has 1 aromatic heterocycles. The number of halogens is 1. The van der Waals surface area contributed by atoms with Crippen molar-refractivity contribution in [2.45, 2.75) is 13.3 Å². The molecular formula is C11H9ClN4O3S. The highest BCUT2D eigenvalue weighted by atomic mass is 35.5. The first-order valence-corrected chi connectivity index (χ1v) is 6.78. The predicted molar refractivity (Wildman–Crippen MR) is 75.3 cm³/mol. The number of rotatable bonds is 4. The van der Waals surface area contributed by atoms with E-state index in [0.717, 1.165) is 17.5 Å². The van der Waals surface area contributed by atoms with E-state index < -0.39 is 10.8 Å². The van der Waals surface area contributed by atoms with Crippen LogP contribution in [0.25, 0.3) is 0 Å². The van der Waals surface area contributed by atoms with Gasteiger partial charge >= 0.3 is 0 Å². The Labute approximate surface area is 122 Å². The number of anilines is 1. The maximum atomic E-state index is 12.0. The molecule has 0 bridgehead atoms. The summed E-state index contributed by atoms with van der Waals surface area (Å²) in [5, 5.41) is 22.1. The molecule has 0 fully saturated rings. The molecule has 2 rings (SSSR count). The molecular weight excluding hydrogens is 304 g/mol. The number of carbonyl (C=O) groups is 1. The van der Waals surface area contributed by atoms with Gasteiger partial charge in [-0.1, -0.05) is 29.9 Å². The standard InChI is InChI=1S/C11H9ClN4O3S/c1-2-9-14-15-11(20-9)13-10(17)6-3-4-7(12)8(5-6)16(18)19/h3-5H,2H2,1H3,(H,13,15,17). The summed E-state index contributed by atoms with van der Waals surface area (Å²) in [6, 6.07) is 3.85. The van der Waals surface area contributed by atoms with Crippen LogP contribution >= 0.6 is 22.9 Å². The molecule has 1 N–H and O–H groups in total. The van der Waals surface area contributed by atoms with Crippen molar-refractivity contribution < 1.29 is 9.72 Å². The number of nitro groups is 1. The van der Waals surface area contributed by atoms with Crippen molar-refractivity contribution >= 4 is 39.7 Å². The average molecular weight is 313 g/mol. The molecule has 20 heavy (non-hydrogen) atoms. The van der Waals surface area contributed by atoms with E-state index in [9.17, 15) is 14.9 Å². The molecule has 1 aromatic carbocycles. The Morgan fingerprint density at radius 1 is 1.50 bits per heavy atom. The van der Waals surface area contributed by atoms with Gasteiger partial charge in [0.15, 0.2) is 0 Å². The van der Waals surface area contributed by atoms with E-state index in [2.05, 4.69) is 15.5 Å². The van der Waals surface area contributed by atoms with Gasteiger partial charge in [-0.25, -0.2) is 0 Å². The van der Waals surface area contributed by atoms with Gasteiger partial charge in [0.1, 0.15) is 10.0 Å². The minimum atomic E-state index is -0.640. The van der Waals surface area contributed by atoms with Crippen molar-refractivity contribution in [1.82, 2.24) is 10.2 Å². The second-order valence-corrected chi connectivity index (χ2v) is 5.20. The van der Waals surface area contributed by atoms with Crippen LogP contribution in [0.4, 0.5) is 10.8 Å². The van der Waals surface area contributed by atoms with Crippen molar-refractivity contribution in [3.8, 4) is 0 Å². The molecule has 0 atom stereocenters. The minimum absolute atomic E-state index is 0.0178. The normalized spacial score (nSPS) is 10.3. The van der Waals surface area contributed by atoms with Gasteiger partial charge < -0.3 is 0 Å². The highest BCUT2D eigenvalue weighted by Gasteiger charge is 2.17. The van der Waals surface area contributed by atoms with E-state index >= 15 is 0 Å². The number of nitro benzene ring substituents is 1. The smallest absolute Gasteiger partial charge is 0.288 e. The SMILES string of the molecule is CCc1nnc(NC(=O)c2ccc(Cl)c([N+](=O)[O-])c2)s1. The molecule has 0 aliphatic rings. The number of amides is 1. The van der Waals surface area contributed by atoms with Gasteiger partial charge in [-0.15, -0.1) is 10.2 Å². The van der Waals surface area contributed by atoms with E-state index in [1.54, 1.807) is 0 Å². The first-order chi connectivity index (χ1) is 9.51. The molecule has 7 nitrogen and oxygen atoms in total. The zero-order valence-corrected chi connectivity index (χ0v) is 11.9. The van der Waals surface area contributed by atoms with Crippen LogP contribution in [0, 0.1) is 10.1 Å². The Kier molecular flexibility index (Phi) is 4.26. The quantitative estimate of drug-likeness (QED) is 0.691. The number of nitrogens with zero attached hydrogens (tertiary/aromatic N) is 3. The number of aryl methyl sites for hydroxylation is 1. The van der Waals surface area contributed by atoms with Crippen LogP contribution in [0.2, 0.25) is 5.02 Å². The number of aromatic nitrogens is 2. The van der Waals surface area contributed by atoms with Gasteiger partial charge in [-0.05, 0) is 18.6 Å². The molecule has 1 amide bonds. The van der Waals surface area contributed by atoms with Crippen molar-refractivity contribution in [2.24, 2.45) is 0 Å². The zero-order chi connectivity index (χ0) is 14.7. The van der Waals surface area contributed by atoms with E-state index in [1.807, 2.05) is 6.92 Å². The largest absolute Gasteiger partial charge is 0.296 e. The summed E-state index contributed by atoms with van der Waals surface area (Å²) in [5.41, 5.74) is -0.180. The Morgan fingerprint density at radius 3 is 2.85 bits per heavy atom. The zero-order valence-electron chi connectivity index (χ0n) is 10.3. The summed E-state index contributed by atoms with van der Waals surface area (Å²) in [6.07, 6.45) is 0.722. The summed E-state index contributed by atoms with van der Waals surface area (Å²) in [7, 11) is 0. The van der Waals surface area contributed by atoms with E-state index in [1.165, 1.54) is 23.5 Å². The molecule has 0 saturated carbocycles. The molecule has 9 heteroatoms. The second-order valence-electron chi connectivity index (χ2n) is 3.73. The first kappa shape index (κ1) is 14.4. The van der Waals surface area contributed by atoms with Gasteiger partial charge in [0, 0.05) is 11.6 Å². The maximum absolute atomic E-state index is 12.0. The number of carbonyl (C=O) groups excluding carboxylic acids is 1. The third-order valence-electron chi connectivity index (χ3n) is 2.39. The van der Waals surface area contributed by atoms with Crippen LogP contribution in [0.15, 0.2) is 18.2 Å². The van der Waals surface area contributed by atoms with Gasteiger partial charge in [-0.2, -0.15) is 0 Å². The lowest BCUT2D eigenvalue weighted by atomic mass is 10.2. The summed E-state index contributed by atoms with van der Waals surface area (Å²) in [5.74, 6) is -0.497. The van der Waals surface area contributed by atoms with Crippen LogP contribution in [-0.2, 0) is 6.42 Å². The first-order valence-electron chi connectivity index (χ1n) is 5.59. The monoisotopic (exact) mass is 312 g/mol. The predicted octanol–water partition coefficient (Wildman–Crippen LogP) is 2.91. The van der Waals surface area contributed by atoms with E-state index in [4.69, 9.17) is 11.6 Å². The molecule has 1 heterocycles. The maximum Gasteiger partial charge on any atom is 0.288 e. The summed E-state index contributed by atoms with van der Waals surface area (Å²) in [4.78, 5) is 22.1. The average Bonchev–Trinajstić information content (AvgIpc) is 2.86. The molecule has 0 aliphatic carbocycles. The second kappa shape index (κ2) is 5.93. The third kappa shape index (κ3) is 3.09. The van der Waals surface area contributed by atoms with Crippen LogP contribution < -0.4 is 5.32 Å². The fourth-order valence-electron chi connectivity index (χ4n) is 1.41. The molecule has 2 aromatic rings. The number of hydrogen-bond donors (Lipinski definition) is 1. The summed E-state index contributed by atoms with van der Waals surface area (Å²) in [6.45, 7) is 1.93. The van der Waals surface area contributed by atoms with Gasteiger partial charge in [-0.3, -0.25) is 20.2 Å².